The Balaban J connectivity index is 4.22. The van der Waals surface area contributed by atoms with Crippen molar-refractivity contribution in [2.75, 3.05) is 5.33 Å². The molecule has 0 aromatic rings. The second kappa shape index (κ2) is 4.10. The van der Waals surface area contributed by atoms with E-state index in [1.165, 1.54) is 0 Å². The summed E-state index contributed by atoms with van der Waals surface area (Å²) in [5.41, 5.74) is -0.202. The normalized spacial score (nSPS) is 14.5. The molecule has 3 heteroatoms. The van der Waals surface area contributed by atoms with Gasteiger partial charge >= 0.3 is 0 Å². The van der Waals surface area contributed by atoms with Crippen LogP contribution in [0.25, 0.3) is 0 Å². The van der Waals surface area contributed by atoms with Crippen molar-refractivity contribution in [3.05, 3.63) is 0 Å². The predicted octanol–water partition coefficient (Wildman–Crippen LogP) is 1.18. The number of rotatable bonds is 3. The zero-order chi connectivity index (χ0) is 9.07. The van der Waals surface area contributed by atoms with Gasteiger partial charge < -0.3 is 9.90 Å². The predicted molar refractivity (Wildman–Crippen MR) is 46.4 cm³/mol. The Hall–Kier alpha value is -0.0500. The quantitative estimate of drug-likeness (QED) is 0.673. The van der Waals surface area contributed by atoms with Crippen LogP contribution >= 0.6 is 15.9 Å². The summed E-state index contributed by atoms with van der Waals surface area (Å²) in [5.74, 6) is -1.31. The number of carboxylic acid groups (broad SMARTS) is 1. The smallest absolute Gasteiger partial charge is 0.0450 e. The van der Waals surface area contributed by atoms with E-state index in [0.29, 0.717) is 11.8 Å². The standard InChI is InChI=1S/C8H15BrO2/c1-8(2,3)6(4-5-9)7(10)11/h6H,4-5H2,1-3H3,(H,10,11)/p-1. The fraction of sp³-hybridized carbons (Fsp3) is 0.875. The third-order valence-electron chi connectivity index (χ3n) is 1.73. The number of halogens is 1. The lowest BCUT2D eigenvalue weighted by Gasteiger charge is -2.30. The molecule has 0 radical (unpaired) electrons. The second-order valence-electron chi connectivity index (χ2n) is 3.72. The molecule has 0 bridgehead atoms. The van der Waals surface area contributed by atoms with Gasteiger partial charge in [0.1, 0.15) is 0 Å². The Morgan fingerprint density at radius 1 is 1.55 bits per heavy atom. The van der Waals surface area contributed by atoms with Crippen molar-refractivity contribution in [3.8, 4) is 0 Å². The van der Waals surface area contributed by atoms with E-state index in [-0.39, 0.29) is 11.3 Å². The van der Waals surface area contributed by atoms with Crippen molar-refractivity contribution in [2.45, 2.75) is 27.2 Å². The van der Waals surface area contributed by atoms with E-state index in [9.17, 15) is 9.90 Å². The van der Waals surface area contributed by atoms with Gasteiger partial charge in [0.15, 0.2) is 0 Å². The van der Waals surface area contributed by atoms with E-state index in [1.54, 1.807) is 0 Å². The van der Waals surface area contributed by atoms with Crippen molar-refractivity contribution in [1.82, 2.24) is 0 Å². The number of alkyl halides is 1. The first kappa shape index (κ1) is 11.0. The number of aliphatic carboxylic acids is 1. The number of carboxylic acids is 1. The Kier molecular flexibility index (Phi) is 4.08. The first-order valence-corrected chi connectivity index (χ1v) is 4.78. The van der Waals surface area contributed by atoms with Gasteiger partial charge in [0.05, 0.1) is 0 Å². The van der Waals surface area contributed by atoms with Crippen LogP contribution in [0, 0.1) is 11.3 Å². The molecule has 0 fully saturated rings. The van der Waals surface area contributed by atoms with Crippen LogP contribution in [0.3, 0.4) is 0 Å². The Morgan fingerprint density at radius 3 is 2.09 bits per heavy atom. The van der Waals surface area contributed by atoms with Crippen LogP contribution in [0.2, 0.25) is 0 Å². The minimum absolute atomic E-state index is 0.202. The molecule has 0 saturated heterocycles. The van der Waals surface area contributed by atoms with Gasteiger partial charge in [0.2, 0.25) is 0 Å². The molecule has 0 aliphatic carbocycles. The summed E-state index contributed by atoms with van der Waals surface area (Å²) in [5, 5.41) is 11.3. The molecule has 1 atom stereocenters. The zero-order valence-electron chi connectivity index (χ0n) is 7.19. The average Bonchev–Trinajstić information content (AvgIpc) is 1.79. The summed E-state index contributed by atoms with van der Waals surface area (Å²) in [4.78, 5) is 10.6. The summed E-state index contributed by atoms with van der Waals surface area (Å²) >= 11 is 3.22. The molecule has 0 spiro atoms. The molecule has 0 aromatic carbocycles. The van der Waals surface area contributed by atoms with E-state index in [4.69, 9.17) is 0 Å². The van der Waals surface area contributed by atoms with Crippen molar-refractivity contribution in [3.63, 3.8) is 0 Å². The minimum Gasteiger partial charge on any atom is -0.550 e. The van der Waals surface area contributed by atoms with E-state index < -0.39 is 5.97 Å². The van der Waals surface area contributed by atoms with Crippen LogP contribution in [0.1, 0.15) is 27.2 Å². The highest BCUT2D eigenvalue weighted by Gasteiger charge is 2.24. The van der Waals surface area contributed by atoms with E-state index in [2.05, 4.69) is 15.9 Å². The largest absolute Gasteiger partial charge is 0.550 e. The van der Waals surface area contributed by atoms with Gasteiger partial charge in [0.25, 0.3) is 0 Å². The van der Waals surface area contributed by atoms with Crippen LogP contribution in [0.4, 0.5) is 0 Å². The average molecular weight is 222 g/mol. The maximum Gasteiger partial charge on any atom is 0.0450 e. The van der Waals surface area contributed by atoms with Crippen LogP contribution in [-0.2, 0) is 4.79 Å². The molecule has 0 amide bonds. The topological polar surface area (TPSA) is 40.1 Å². The highest BCUT2D eigenvalue weighted by molar-refractivity contribution is 9.09. The van der Waals surface area contributed by atoms with E-state index in [0.717, 1.165) is 0 Å². The SMILES string of the molecule is CC(C)(C)C(CCBr)C(=O)[O-]. The third-order valence-corrected chi connectivity index (χ3v) is 2.19. The van der Waals surface area contributed by atoms with Gasteiger partial charge in [-0.2, -0.15) is 0 Å². The molecular formula is C8H14BrO2-. The van der Waals surface area contributed by atoms with Crippen LogP contribution in [0.15, 0.2) is 0 Å². The number of carbonyl (C=O) groups excluding carboxylic acids is 1. The summed E-state index contributed by atoms with van der Waals surface area (Å²) in [6.07, 6.45) is 0.631. The minimum atomic E-state index is -0.947. The van der Waals surface area contributed by atoms with Gasteiger partial charge in [-0.3, -0.25) is 0 Å². The fourth-order valence-electron chi connectivity index (χ4n) is 1.01. The van der Waals surface area contributed by atoms with Gasteiger partial charge in [0, 0.05) is 17.2 Å². The lowest BCUT2D eigenvalue weighted by Crippen LogP contribution is -2.39. The maximum atomic E-state index is 10.6. The molecule has 1 unspecified atom stereocenters. The van der Waals surface area contributed by atoms with E-state index in [1.807, 2.05) is 20.8 Å². The molecule has 0 saturated carbocycles. The van der Waals surface area contributed by atoms with E-state index >= 15 is 0 Å². The summed E-state index contributed by atoms with van der Waals surface area (Å²) < 4.78 is 0. The Bertz CT molecular complexity index is 138. The molecule has 0 aromatic heterocycles. The van der Waals surface area contributed by atoms with Crippen LogP contribution in [0.5, 0.6) is 0 Å². The Morgan fingerprint density at radius 2 is 2.00 bits per heavy atom. The van der Waals surface area contributed by atoms with Gasteiger partial charge in [-0.25, -0.2) is 0 Å². The molecular weight excluding hydrogens is 208 g/mol. The van der Waals surface area contributed by atoms with Crippen molar-refractivity contribution in [2.24, 2.45) is 11.3 Å². The monoisotopic (exact) mass is 221 g/mol. The molecule has 0 aliphatic rings. The highest BCUT2D eigenvalue weighted by Crippen LogP contribution is 2.28. The summed E-state index contributed by atoms with van der Waals surface area (Å²) in [7, 11) is 0. The lowest BCUT2D eigenvalue weighted by atomic mass is 9.79. The van der Waals surface area contributed by atoms with Crippen LogP contribution in [-0.4, -0.2) is 11.3 Å². The van der Waals surface area contributed by atoms with Crippen molar-refractivity contribution >= 4 is 21.9 Å². The lowest BCUT2D eigenvalue weighted by molar-refractivity contribution is -0.314. The highest BCUT2D eigenvalue weighted by atomic mass is 79.9. The first-order chi connectivity index (χ1) is 4.89. The summed E-state index contributed by atoms with van der Waals surface area (Å²) in [6, 6.07) is 0. The number of hydrogen-bond acceptors (Lipinski definition) is 2. The molecule has 0 rings (SSSR count). The second-order valence-corrected chi connectivity index (χ2v) is 4.51. The molecule has 2 nitrogen and oxygen atoms in total. The Labute approximate surface area is 76.1 Å². The molecule has 0 N–H and O–H groups in total. The summed E-state index contributed by atoms with van der Waals surface area (Å²) in [6.45, 7) is 5.74. The molecule has 0 heterocycles. The fourth-order valence-corrected chi connectivity index (χ4v) is 1.47. The number of carbonyl (C=O) groups is 1. The molecule has 11 heavy (non-hydrogen) atoms. The van der Waals surface area contributed by atoms with Gasteiger partial charge in [-0.05, 0) is 11.8 Å². The van der Waals surface area contributed by atoms with Crippen LogP contribution < -0.4 is 5.11 Å². The number of hydrogen-bond donors (Lipinski definition) is 0. The molecule has 66 valence electrons. The van der Waals surface area contributed by atoms with Crippen molar-refractivity contribution < 1.29 is 9.90 Å². The third kappa shape index (κ3) is 3.75. The van der Waals surface area contributed by atoms with Gasteiger partial charge in [-0.15, -0.1) is 0 Å². The first-order valence-electron chi connectivity index (χ1n) is 3.66. The maximum absolute atomic E-state index is 10.6. The zero-order valence-corrected chi connectivity index (χ0v) is 8.77. The van der Waals surface area contributed by atoms with Crippen molar-refractivity contribution in [1.29, 1.82) is 0 Å². The van der Waals surface area contributed by atoms with Gasteiger partial charge in [-0.1, -0.05) is 36.7 Å². The molecule has 0 aliphatic heterocycles.